The number of benzene rings is 1. The molecule has 1 aromatic carbocycles. The zero-order chi connectivity index (χ0) is 13.9. The smallest absolute Gasteiger partial charge is 0.223 e. The molecule has 0 bridgehead atoms. The summed E-state index contributed by atoms with van der Waals surface area (Å²) >= 11 is 3.51. The number of hydrogen-bond donors (Lipinski definition) is 2. The van der Waals surface area contributed by atoms with Crippen LogP contribution in [0, 0.1) is 5.92 Å². The van der Waals surface area contributed by atoms with Crippen molar-refractivity contribution in [2.45, 2.75) is 12.8 Å². The highest BCUT2D eigenvalue weighted by atomic mass is 79.9. The average molecular weight is 334 g/mol. The summed E-state index contributed by atoms with van der Waals surface area (Å²) in [5, 5.41) is 7.26. The summed E-state index contributed by atoms with van der Waals surface area (Å²) in [6, 6.07) is 10.0. The van der Waals surface area contributed by atoms with Gasteiger partial charge in [-0.25, -0.2) is 4.98 Å². The summed E-state index contributed by atoms with van der Waals surface area (Å²) < 4.78 is 0.987. The minimum absolute atomic E-state index is 0.181. The van der Waals surface area contributed by atoms with Gasteiger partial charge in [0.2, 0.25) is 5.91 Å². The van der Waals surface area contributed by atoms with Crippen molar-refractivity contribution in [3.63, 3.8) is 0 Å². The lowest BCUT2D eigenvalue weighted by atomic mass is 10.2. The monoisotopic (exact) mass is 333 g/mol. The largest absolute Gasteiger partial charge is 0.368 e. The van der Waals surface area contributed by atoms with Gasteiger partial charge >= 0.3 is 0 Å². The summed E-state index contributed by atoms with van der Waals surface area (Å²) in [6.07, 6.45) is 2.08. The van der Waals surface area contributed by atoms with E-state index in [1.807, 2.05) is 30.3 Å². The van der Waals surface area contributed by atoms with Gasteiger partial charge in [-0.1, -0.05) is 12.1 Å². The van der Waals surface area contributed by atoms with Gasteiger partial charge in [-0.3, -0.25) is 4.79 Å². The quantitative estimate of drug-likeness (QED) is 0.827. The second-order valence-electron chi connectivity index (χ2n) is 5.00. The number of anilines is 1. The van der Waals surface area contributed by atoms with E-state index in [-0.39, 0.29) is 11.8 Å². The van der Waals surface area contributed by atoms with Crippen LogP contribution in [-0.4, -0.2) is 24.0 Å². The van der Waals surface area contributed by atoms with Gasteiger partial charge in [0.1, 0.15) is 5.82 Å². The molecule has 0 atom stereocenters. The van der Waals surface area contributed by atoms with Crippen LogP contribution in [0.1, 0.15) is 12.8 Å². The normalized spacial score (nSPS) is 14.2. The van der Waals surface area contributed by atoms with Gasteiger partial charge in [-0.05, 0) is 47.0 Å². The van der Waals surface area contributed by atoms with Crippen LogP contribution in [0.3, 0.4) is 0 Å². The van der Waals surface area contributed by atoms with Crippen molar-refractivity contribution in [2.24, 2.45) is 5.92 Å². The second-order valence-corrected chi connectivity index (χ2v) is 5.85. The van der Waals surface area contributed by atoms with E-state index in [1.54, 1.807) is 0 Å². The van der Waals surface area contributed by atoms with E-state index in [4.69, 9.17) is 0 Å². The molecule has 1 aliphatic carbocycles. The Labute approximate surface area is 126 Å². The van der Waals surface area contributed by atoms with Crippen LogP contribution in [0.2, 0.25) is 0 Å². The maximum Gasteiger partial charge on any atom is 0.223 e. The highest BCUT2D eigenvalue weighted by Gasteiger charge is 2.28. The molecule has 1 saturated carbocycles. The first kappa shape index (κ1) is 13.4. The number of carbonyl (C=O) groups is 1. The maximum absolute atomic E-state index is 11.5. The first-order chi connectivity index (χ1) is 9.74. The fourth-order valence-corrected chi connectivity index (χ4v) is 2.55. The topological polar surface area (TPSA) is 54.0 Å². The van der Waals surface area contributed by atoms with E-state index in [0.717, 1.165) is 34.0 Å². The zero-order valence-corrected chi connectivity index (χ0v) is 12.6. The van der Waals surface area contributed by atoms with E-state index in [1.165, 1.54) is 0 Å². The van der Waals surface area contributed by atoms with Crippen LogP contribution < -0.4 is 10.6 Å². The van der Waals surface area contributed by atoms with Gasteiger partial charge in [0.25, 0.3) is 0 Å². The summed E-state index contributed by atoms with van der Waals surface area (Å²) in [7, 11) is 0. The van der Waals surface area contributed by atoms with E-state index < -0.39 is 0 Å². The minimum atomic E-state index is 0.181. The number of fused-ring (bicyclic) bond motifs is 1. The second kappa shape index (κ2) is 5.79. The van der Waals surface area contributed by atoms with Crippen molar-refractivity contribution in [3.05, 3.63) is 34.8 Å². The number of halogens is 1. The molecule has 1 fully saturated rings. The molecule has 4 nitrogen and oxygen atoms in total. The van der Waals surface area contributed by atoms with E-state index in [0.29, 0.717) is 13.1 Å². The molecule has 1 aliphatic rings. The maximum atomic E-state index is 11.5. The summed E-state index contributed by atoms with van der Waals surface area (Å²) in [5.74, 6) is 1.27. The molecular weight excluding hydrogens is 318 g/mol. The van der Waals surface area contributed by atoms with Gasteiger partial charge in [0, 0.05) is 28.9 Å². The SMILES string of the molecule is O=C(NCCNc1ccc2cccc(Br)c2n1)C1CC1. The number of aromatic nitrogens is 1. The third-order valence-electron chi connectivity index (χ3n) is 3.35. The number of nitrogens with zero attached hydrogens (tertiary/aromatic N) is 1. The standard InChI is InChI=1S/C15H16BrN3O/c16-12-3-1-2-10-6-7-13(19-14(10)12)17-8-9-18-15(20)11-4-5-11/h1-3,6-7,11H,4-5,8-9H2,(H,17,19)(H,18,20). The number of amides is 1. The molecule has 3 rings (SSSR count). The summed E-state index contributed by atoms with van der Waals surface area (Å²) in [5.41, 5.74) is 0.944. The van der Waals surface area contributed by atoms with Gasteiger partial charge in [0.15, 0.2) is 0 Å². The number of rotatable bonds is 5. The van der Waals surface area contributed by atoms with Gasteiger partial charge in [-0.2, -0.15) is 0 Å². The highest BCUT2D eigenvalue weighted by Crippen LogP contribution is 2.28. The Morgan fingerprint density at radius 2 is 2.10 bits per heavy atom. The first-order valence-electron chi connectivity index (χ1n) is 6.81. The van der Waals surface area contributed by atoms with Crippen molar-refractivity contribution in [3.8, 4) is 0 Å². The Morgan fingerprint density at radius 1 is 1.25 bits per heavy atom. The molecule has 0 aliphatic heterocycles. The molecule has 20 heavy (non-hydrogen) atoms. The fourth-order valence-electron chi connectivity index (χ4n) is 2.08. The van der Waals surface area contributed by atoms with Crippen LogP contribution >= 0.6 is 15.9 Å². The molecular formula is C15H16BrN3O. The number of carbonyl (C=O) groups excluding carboxylic acids is 1. The fraction of sp³-hybridized carbons (Fsp3) is 0.333. The lowest BCUT2D eigenvalue weighted by Gasteiger charge is -2.08. The highest BCUT2D eigenvalue weighted by molar-refractivity contribution is 9.10. The number of hydrogen-bond acceptors (Lipinski definition) is 3. The van der Waals surface area contributed by atoms with Crippen molar-refractivity contribution >= 4 is 38.6 Å². The van der Waals surface area contributed by atoms with E-state index in [2.05, 4.69) is 31.5 Å². The molecule has 1 aromatic heterocycles. The third kappa shape index (κ3) is 3.10. The summed E-state index contributed by atoms with van der Waals surface area (Å²) in [4.78, 5) is 16.0. The molecule has 0 radical (unpaired) electrons. The van der Waals surface area contributed by atoms with Crippen LogP contribution in [0.5, 0.6) is 0 Å². The molecule has 0 saturated heterocycles. The van der Waals surface area contributed by atoms with Gasteiger partial charge in [-0.15, -0.1) is 0 Å². The van der Waals surface area contributed by atoms with Gasteiger partial charge in [0.05, 0.1) is 5.52 Å². The Morgan fingerprint density at radius 3 is 2.90 bits per heavy atom. The number of nitrogens with one attached hydrogen (secondary N) is 2. The first-order valence-corrected chi connectivity index (χ1v) is 7.60. The lowest BCUT2D eigenvalue weighted by molar-refractivity contribution is -0.122. The van der Waals surface area contributed by atoms with Crippen LogP contribution in [0.4, 0.5) is 5.82 Å². The molecule has 0 unspecified atom stereocenters. The van der Waals surface area contributed by atoms with Crippen molar-refractivity contribution in [2.75, 3.05) is 18.4 Å². The molecule has 1 heterocycles. The van der Waals surface area contributed by atoms with Crippen molar-refractivity contribution in [1.82, 2.24) is 10.3 Å². The number of pyridine rings is 1. The molecule has 1 amide bonds. The van der Waals surface area contributed by atoms with Crippen LogP contribution in [-0.2, 0) is 4.79 Å². The van der Waals surface area contributed by atoms with Crippen molar-refractivity contribution < 1.29 is 4.79 Å². The Kier molecular flexibility index (Phi) is 3.87. The Bertz CT molecular complexity index is 640. The van der Waals surface area contributed by atoms with E-state index in [9.17, 15) is 4.79 Å². The van der Waals surface area contributed by atoms with Gasteiger partial charge < -0.3 is 10.6 Å². The minimum Gasteiger partial charge on any atom is -0.368 e. The van der Waals surface area contributed by atoms with E-state index >= 15 is 0 Å². The molecule has 5 heteroatoms. The predicted molar refractivity (Wildman–Crippen MR) is 83.7 cm³/mol. The Hall–Kier alpha value is -1.62. The van der Waals surface area contributed by atoms with Crippen LogP contribution in [0.15, 0.2) is 34.8 Å². The lowest BCUT2D eigenvalue weighted by Crippen LogP contribution is -2.29. The summed E-state index contributed by atoms with van der Waals surface area (Å²) in [6.45, 7) is 1.31. The molecule has 0 spiro atoms. The van der Waals surface area contributed by atoms with Crippen molar-refractivity contribution in [1.29, 1.82) is 0 Å². The zero-order valence-electron chi connectivity index (χ0n) is 11.0. The molecule has 104 valence electrons. The third-order valence-corrected chi connectivity index (χ3v) is 3.99. The van der Waals surface area contributed by atoms with Crippen LogP contribution in [0.25, 0.3) is 10.9 Å². The average Bonchev–Trinajstić information content (AvgIpc) is 3.29. The molecule has 2 aromatic rings. The Balaban J connectivity index is 1.57. The molecule has 2 N–H and O–H groups in total. The predicted octanol–water partition coefficient (Wildman–Crippen LogP) is 2.94. The number of para-hydroxylation sites is 1.